The van der Waals surface area contributed by atoms with Gasteiger partial charge < -0.3 is 25.0 Å². The first-order valence-corrected chi connectivity index (χ1v) is 14.9. The van der Waals surface area contributed by atoms with Gasteiger partial charge in [-0.05, 0) is 61.0 Å². The van der Waals surface area contributed by atoms with E-state index in [-0.39, 0.29) is 29.5 Å². The Bertz CT molecular complexity index is 1620. The number of hydrogen-bond donors (Lipinski definition) is 2. The summed E-state index contributed by atoms with van der Waals surface area (Å²) in [5.74, 6) is 1.56. The van der Waals surface area contributed by atoms with Crippen LogP contribution in [0.15, 0.2) is 48.7 Å². The maximum absolute atomic E-state index is 13.8. The van der Waals surface area contributed by atoms with Crippen LogP contribution in [0.25, 0.3) is 0 Å². The first kappa shape index (κ1) is 28.6. The van der Waals surface area contributed by atoms with Crippen LogP contribution in [0.3, 0.4) is 0 Å². The zero-order valence-corrected chi connectivity index (χ0v) is 24.1. The number of nitrogens with zero attached hydrogens (tertiary/aromatic N) is 3. The fourth-order valence-corrected chi connectivity index (χ4v) is 6.39. The van der Waals surface area contributed by atoms with E-state index in [4.69, 9.17) is 9.47 Å². The second-order valence-electron chi connectivity index (χ2n) is 11.7. The number of anilines is 1. The van der Waals surface area contributed by atoms with Crippen molar-refractivity contribution < 1.29 is 32.2 Å². The number of halogens is 3. The van der Waals surface area contributed by atoms with E-state index < -0.39 is 17.6 Å². The van der Waals surface area contributed by atoms with E-state index in [9.17, 15) is 22.8 Å². The lowest BCUT2D eigenvalue weighted by Crippen LogP contribution is -2.45. The number of hydrogen-bond acceptors (Lipinski definition) is 7. The highest BCUT2D eigenvalue weighted by molar-refractivity contribution is 5.95. The van der Waals surface area contributed by atoms with Crippen LogP contribution in [0.1, 0.15) is 51.9 Å². The predicted molar refractivity (Wildman–Crippen MR) is 155 cm³/mol. The monoisotopic (exact) mass is 607 g/mol. The molecular formula is C32H32F3N5O4. The number of pyridine rings is 1. The van der Waals surface area contributed by atoms with Gasteiger partial charge in [0.2, 0.25) is 5.91 Å². The molecule has 230 valence electrons. The van der Waals surface area contributed by atoms with Crippen LogP contribution in [0.5, 0.6) is 17.2 Å². The maximum Gasteiger partial charge on any atom is 0.416 e. The molecule has 1 saturated carbocycles. The molecule has 1 aliphatic carbocycles. The summed E-state index contributed by atoms with van der Waals surface area (Å²) < 4.78 is 53.7. The van der Waals surface area contributed by atoms with Crippen LogP contribution in [0, 0.1) is 0 Å². The van der Waals surface area contributed by atoms with Crippen LogP contribution in [0.2, 0.25) is 0 Å². The third-order valence-electron chi connectivity index (χ3n) is 8.86. The molecule has 1 aromatic heterocycles. The Hall–Kier alpha value is -4.16. The third-order valence-corrected chi connectivity index (χ3v) is 8.86. The molecule has 1 saturated heterocycles. The molecular weight excluding hydrogens is 575 g/mol. The SMILES string of the molecule is CCN1CCN(Cc2cc(C(=O)N[C@H]3[C@H]4Oc5ccc(Oc6ccnc7c6CCC(=O)N7)cc5[C@@H]34)cc(C(F)(F)F)c2)CC1. The number of amides is 2. The number of ether oxygens (including phenoxy) is 2. The van der Waals surface area contributed by atoms with Crippen molar-refractivity contribution in [3.63, 3.8) is 0 Å². The van der Waals surface area contributed by atoms with Gasteiger partial charge in [-0.3, -0.25) is 14.5 Å². The number of carbonyl (C=O) groups excluding carboxylic acids is 2. The van der Waals surface area contributed by atoms with Crippen molar-refractivity contribution in [1.29, 1.82) is 0 Å². The Balaban J connectivity index is 1.05. The number of nitrogens with one attached hydrogen (secondary N) is 2. The fraction of sp³-hybridized carbons (Fsp3) is 0.406. The molecule has 2 amide bonds. The van der Waals surface area contributed by atoms with Gasteiger partial charge in [-0.2, -0.15) is 13.2 Å². The number of carbonyl (C=O) groups is 2. The van der Waals surface area contributed by atoms with E-state index in [1.807, 2.05) is 12.1 Å². The lowest BCUT2D eigenvalue weighted by molar-refractivity contribution is -0.137. The molecule has 0 radical (unpaired) electrons. The van der Waals surface area contributed by atoms with E-state index in [1.54, 1.807) is 24.4 Å². The zero-order chi connectivity index (χ0) is 30.6. The molecule has 4 aliphatic rings. The Labute approximate surface area is 252 Å². The second-order valence-corrected chi connectivity index (χ2v) is 11.7. The zero-order valence-electron chi connectivity index (χ0n) is 24.1. The number of alkyl halides is 3. The molecule has 2 N–H and O–H groups in total. The number of likely N-dealkylation sites (N-methyl/N-ethyl adjacent to an activating group) is 1. The van der Waals surface area contributed by atoms with E-state index in [1.165, 1.54) is 0 Å². The van der Waals surface area contributed by atoms with Crippen molar-refractivity contribution in [2.24, 2.45) is 0 Å². The first-order valence-electron chi connectivity index (χ1n) is 14.9. The second kappa shape index (κ2) is 11.1. The molecule has 3 aromatic rings. The summed E-state index contributed by atoms with van der Waals surface area (Å²) in [4.78, 5) is 33.7. The van der Waals surface area contributed by atoms with Crippen molar-refractivity contribution in [3.05, 3.63) is 76.5 Å². The molecule has 3 atom stereocenters. The molecule has 7 rings (SSSR count). The van der Waals surface area contributed by atoms with Gasteiger partial charge >= 0.3 is 6.18 Å². The molecule has 0 spiro atoms. The highest BCUT2D eigenvalue weighted by atomic mass is 19.4. The molecule has 0 bridgehead atoms. The van der Waals surface area contributed by atoms with Gasteiger partial charge in [-0.15, -0.1) is 0 Å². The minimum Gasteiger partial charge on any atom is -0.487 e. The summed E-state index contributed by atoms with van der Waals surface area (Å²) in [6, 6.07) is 10.5. The minimum absolute atomic E-state index is 0.0150. The summed E-state index contributed by atoms with van der Waals surface area (Å²) in [5.41, 5.74) is 1.31. The molecule has 4 heterocycles. The van der Waals surface area contributed by atoms with Crippen LogP contribution in [-0.4, -0.2) is 71.5 Å². The van der Waals surface area contributed by atoms with Crippen molar-refractivity contribution in [2.75, 3.05) is 38.0 Å². The molecule has 3 aliphatic heterocycles. The maximum atomic E-state index is 13.8. The number of fused-ring (bicyclic) bond motifs is 4. The van der Waals surface area contributed by atoms with Crippen LogP contribution >= 0.6 is 0 Å². The Morgan fingerprint density at radius 3 is 2.66 bits per heavy atom. The van der Waals surface area contributed by atoms with Crippen molar-refractivity contribution in [1.82, 2.24) is 20.1 Å². The van der Waals surface area contributed by atoms with Crippen molar-refractivity contribution >= 4 is 17.6 Å². The van der Waals surface area contributed by atoms with Crippen molar-refractivity contribution in [2.45, 2.75) is 50.6 Å². The third kappa shape index (κ3) is 5.59. The lowest BCUT2D eigenvalue weighted by Gasteiger charge is -2.34. The van der Waals surface area contributed by atoms with Gasteiger partial charge in [-0.1, -0.05) is 6.92 Å². The van der Waals surface area contributed by atoms with Gasteiger partial charge in [0.05, 0.1) is 17.5 Å². The lowest BCUT2D eigenvalue weighted by atomic mass is 10.0. The number of benzene rings is 2. The average molecular weight is 608 g/mol. The normalized spacial score (nSPS) is 22.7. The van der Waals surface area contributed by atoms with Gasteiger partial charge in [0, 0.05) is 62.0 Å². The molecule has 44 heavy (non-hydrogen) atoms. The van der Waals surface area contributed by atoms with E-state index >= 15 is 0 Å². The van der Waals surface area contributed by atoms with Crippen LogP contribution in [0.4, 0.5) is 19.0 Å². The smallest absolute Gasteiger partial charge is 0.416 e. The quantitative estimate of drug-likeness (QED) is 0.406. The first-order chi connectivity index (χ1) is 21.2. The van der Waals surface area contributed by atoms with Gasteiger partial charge in [0.1, 0.15) is 29.2 Å². The standard InChI is InChI=1S/C32H32F3N5O4/c1-2-39-9-11-40(12-10-39)17-18-13-19(15-20(14-18)32(33,34)35)31(42)38-28-27-23-16-21(3-5-24(23)44-29(27)28)43-25-7-8-36-30-22(25)4-6-26(41)37-30/h3,5,7-8,13-16,27-29H,2,4,6,9-12,17H2,1H3,(H,38,42)(H,36,37,41)/t27-,28+,29-/m0/s1. The highest BCUT2D eigenvalue weighted by Crippen LogP contribution is 2.54. The largest absolute Gasteiger partial charge is 0.487 e. The molecule has 9 nitrogen and oxygen atoms in total. The van der Waals surface area contributed by atoms with Crippen LogP contribution in [-0.2, 0) is 23.9 Å². The summed E-state index contributed by atoms with van der Waals surface area (Å²) >= 11 is 0. The fourth-order valence-electron chi connectivity index (χ4n) is 6.39. The predicted octanol–water partition coefficient (Wildman–Crippen LogP) is 4.57. The summed E-state index contributed by atoms with van der Waals surface area (Å²) in [7, 11) is 0. The molecule has 2 fully saturated rings. The molecule has 0 unspecified atom stereocenters. The Kier molecular flexibility index (Phi) is 7.20. The van der Waals surface area contributed by atoms with Crippen molar-refractivity contribution in [3.8, 4) is 17.2 Å². The number of rotatable bonds is 7. The van der Waals surface area contributed by atoms with Gasteiger partial charge in [0.15, 0.2) is 0 Å². The molecule has 2 aromatic carbocycles. The topological polar surface area (TPSA) is 96.0 Å². The summed E-state index contributed by atoms with van der Waals surface area (Å²) in [6.45, 7) is 6.65. The average Bonchev–Trinajstić information content (AvgIpc) is 3.52. The Morgan fingerprint density at radius 2 is 1.89 bits per heavy atom. The summed E-state index contributed by atoms with van der Waals surface area (Å²) in [6.07, 6.45) is -2.43. The molecule has 12 heteroatoms. The highest BCUT2D eigenvalue weighted by Gasteiger charge is 2.59. The van der Waals surface area contributed by atoms with E-state index in [0.29, 0.717) is 48.0 Å². The minimum atomic E-state index is -4.57. The Morgan fingerprint density at radius 1 is 1.09 bits per heavy atom. The van der Waals surface area contributed by atoms with Crippen LogP contribution < -0.4 is 20.1 Å². The van der Waals surface area contributed by atoms with E-state index in [2.05, 4.69) is 32.3 Å². The van der Waals surface area contributed by atoms with Gasteiger partial charge in [-0.25, -0.2) is 4.98 Å². The number of piperazine rings is 1. The van der Waals surface area contributed by atoms with Gasteiger partial charge in [0.25, 0.3) is 5.91 Å². The number of aromatic nitrogens is 1. The summed E-state index contributed by atoms with van der Waals surface area (Å²) in [5, 5.41) is 5.67. The van der Waals surface area contributed by atoms with E-state index in [0.717, 1.165) is 56.0 Å².